The minimum atomic E-state index is -0.426. The third-order valence-electron chi connectivity index (χ3n) is 4.26. The number of halogens is 1. The Morgan fingerprint density at radius 3 is 2.52 bits per heavy atom. The van der Waals surface area contributed by atoms with Crippen LogP contribution in [-0.4, -0.2) is 59.6 Å². The zero-order valence-electron chi connectivity index (χ0n) is 15.0. The van der Waals surface area contributed by atoms with Crippen molar-refractivity contribution in [1.82, 2.24) is 14.8 Å². The molecular weight excluding hydrogens is 351 g/mol. The molecule has 8 heteroatoms. The van der Waals surface area contributed by atoms with Crippen molar-refractivity contribution < 1.29 is 18.7 Å². The molecular formula is C19H21FN4O3. The van der Waals surface area contributed by atoms with Crippen LogP contribution in [0.25, 0.3) is 0 Å². The summed E-state index contributed by atoms with van der Waals surface area (Å²) in [5.41, 5.74) is 0.600. The molecule has 1 N–H and O–H groups in total. The van der Waals surface area contributed by atoms with E-state index >= 15 is 0 Å². The monoisotopic (exact) mass is 372 g/mol. The van der Waals surface area contributed by atoms with Crippen molar-refractivity contribution in [1.29, 1.82) is 0 Å². The second-order valence-corrected chi connectivity index (χ2v) is 5.98. The van der Waals surface area contributed by atoms with E-state index in [1.165, 1.54) is 6.07 Å². The standard InChI is InChI=1S/C19H21FN4O3/c1-2-27-19(26)24-12-10-23(11-13-24)18(25)14-6-5-9-21-17(14)22-16-8-4-3-7-15(16)20/h3-9H,2,10-13H2,1H3,(H,21,22). The first kappa shape index (κ1) is 18.6. The molecule has 142 valence electrons. The Kier molecular flexibility index (Phi) is 5.85. The van der Waals surface area contributed by atoms with Crippen molar-refractivity contribution in [2.75, 3.05) is 38.1 Å². The van der Waals surface area contributed by atoms with Crippen molar-refractivity contribution in [2.45, 2.75) is 6.92 Å². The van der Waals surface area contributed by atoms with Gasteiger partial charge in [-0.3, -0.25) is 4.79 Å². The molecule has 2 heterocycles. The number of nitrogens with one attached hydrogen (secondary N) is 1. The summed E-state index contributed by atoms with van der Waals surface area (Å²) < 4.78 is 18.9. The Balaban J connectivity index is 1.71. The Morgan fingerprint density at radius 2 is 1.81 bits per heavy atom. The highest BCUT2D eigenvalue weighted by Gasteiger charge is 2.27. The Hall–Kier alpha value is -3.16. The largest absolute Gasteiger partial charge is 0.450 e. The van der Waals surface area contributed by atoms with Gasteiger partial charge in [-0.2, -0.15) is 0 Å². The highest BCUT2D eigenvalue weighted by molar-refractivity contribution is 5.99. The number of para-hydroxylation sites is 1. The predicted octanol–water partition coefficient (Wildman–Crippen LogP) is 2.88. The first-order valence-corrected chi connectivity index (χ1v) is 8.77. The second-order valence-electron chi connectivity index (χ2n) is 5.98. The van der Waals surface area contributed by atoms with Gasteiger partial charge < -0.3 is 19.9 Å². The van der Waals surface area contributed by atoms with Gasteiger partial charge in [-0.05, 0) is 31.2 Å². The number of piperazine rings is 1. The summed E-state index contributed by atoms with van der Waals surface area (Å²) in [6.07, 6.45) is 1.17. The number of amides is 2. The number of benzene rings is 1. The van der Waals surface area contributed by atoms with E-state index in [0.717, 1.165) is 0 Å². The number of anilines is 2. The van der Waals surface area contributed by atoms with Gasteiger partial charge in [-0.25, -0.2) is 14.2 Å². The Bertz CT molecular complexity index is 822. The van der Waals surface area contributed by atoms with Crippen molar-refractivity contribution in [3.05, 3.63) is 54.0 Å². The van der Waals surface area contributed by atoms with Gasteiger partial charge in [0.15, 0.2) is 0 Å². The summed E-state index contributed by atoms with van der Waals surface area (Å²) >= 11 is 0. The summed E-state index contributed by atoms with van der Waals surface area (Å²) in [6, 6.07) is 9.51. The molecule has 0 atom stereocenters. The zero-order valence-corrected chi connectivity index (χ0v) is 15.0. The van der Waals surface area contributed by atoms with Gasteiger partial charge in [-0.1, -0.05) is 12.1 Å². The number of nitrogens with zero attached hydrogens (tertiary/aromatic N) is 3. The lowest BCUT2D eigenvalue weighted by Crippen LogP contribution is -2.50. The van der Waals surface area contributed by atoms with Crippen LogP contribution in [0.5, 0.6) is 0 Å². The van der Waals surface area contributed by atoms with Gasteiger partial charge in [0, 0.05) is 32.4 Å². The van der Waals surface area contributed by atoms with Crippen LogP contribution < -0.4 is 5.32 Å². The maximum atomic E-state index is 13.9. The summed E-state index contributed by atoms with van der Waals surface area (Å²) in [5.74, 6) is -0.351. The highest BCUT2D eigenvalue weighted by Crippen LogP contribution is 2.22. The molecule has 0 aliphatic carbocycles. The number of carbonyl (C=O) groups is 2. The summed E-state index contributed by atoms with van der Waals surface area (Å²) in [7, 11) is 0. The van der Waals surface area contributed by atoms with Crippen LogP contribution in [0.4, 0.5) is 20.7 Å². The van der Waals surface area contributed by atoms with E-state index in [9.17, 15) is 14.0 Å². The molecule has 0 unspecified atom stereocenters. The van der Waals surface area contributed by atoms with Crippen LogP contribution >= 0.6 is 0 Å². The third kappa shape index (κ3) is 4.33. The lowest BCUT2D eigenvalue weighted by atomic mass is 10.2. The zero-order chi connectivity index (χ0) is 19.2. The smallest absolute Gasteiger partial charge is 0.409 e. The van der Waals surface area contributed by atoms with Crippen molar-refractivity contribution in [3.8, 4) is 0 Å². The molecule has 1 aliphatic heterocycles. The van der Waals surface area contributed by atoms with Gasteiger partial charge in [0.05, 0.1) is 17.9 Å². The molecule has 0 saturated carbocycles. The topological polar surface area (TPSA) is 74.8 Å². The lowest BCUT2D eigenvalue weighted by molar-refractivity contribution is 0.0571. The normalized spacial score (nSPS) is 14.0. The SMILES string of the molecule is CCOC(=O)N1CCN(C(=O)c2cccnc2Nc2ccccc2F)CC1. The van der Waals surface area contributed by atoms with Gasteiger partial charge >= 0.3 is 6.09 Å². The van der Waals surface area contributed by atoms with Crippen molar-refractivity contribution in [3.63, 3.8) is 0 Å². The van der Waals surface area contributed by atoms with E-state index in [2.05, 4.69) is 10.3 Å². The minimum absolute atomic E-state index is 0.217. The first-order valence-electron chi connectivity index (χ1n) is 8.77. The van der Waals surface area contributed by atoms with Gasteiger partial charge in [0.25, 0.3) is 5.91 Å². The van der Waals surface area contributed by atoms with E-state index in [1.54, 1.807) is 53.3 Å². The summed E-state index contributed by atoms with van der Waals surface area (Å²) in [6.45, 7) is 3.67. The number of aromatic nitrogens is 1. The lowest BCUT2D eigenvalue weighted by Gasteiger charge is -2.34. The molecule has 1 fully saturated rings. The van der Waals surface area contributed by atoms with Crippen LogP contribution in [0, 0.1) is 5.82 Å². The second kappa shape index (κ2) is 8.48. The number of ether oxygens (including phenoxy) is 1. The summed E-state index contributed by atoms with van der Waals surface area (Å²) in [5, 5.41) is 2.89. The molecule has 1 aromatic carbocycles. The molecule has 7 nitrogen and oxygen atoms in total. The van der Waals surface area contributed by atoms with Gasteiger partial charge in [0.2, 0.25) is 0 Å². The molecule has 2 amide bonds. The van der Waals surface area contributed by atoms with Gasteiger partial charge in [-0.15, -0.1) is 0 Å². The number of hydrogen-bond donors (Lipinski definition) is 1. The Morgan fingerprint density at radius 1 is 1.11 bits per heavy atom. The fraction of sp³-hybridized carbons (Fsp3) is 0.316. The maximum Gasteiger partial charge on any atom is 0.409 e. The molecule has 0 bridgehead atoms. The minimum Gasteiger partial charge on any atom is -0.450 e. The summed E-state index contributed by atoms with van der Waals surface area (Å²) in [4.78, 5) is 32.1. The quantitative estimate of drug-likeness (QED) is 0.893. The van der Waals surface area contributed by atoms with Crippen molar-refractivity contribution in [2.24, 2.45) is 0 Å². The fourth-order valence-electron chi connectivity index (χ4n) is 2.84. The molecule has 27 heavy (non-hydrogen) atoms. The van der Waals surface area contributed by atoms with Crippen LogP contribution in [0.15, 0.2) is 42.6 Å². The van der Waals surface area contributed by atoms with E-state index in [0.29, 0.717) is 44.2 Å². The fourth-order valence-corrected chi connectivity index (χ4v) is 2.84. The van der Waals surface area contributed by atoms with Crippen LogP contribution in [0.3, 0.4) is 0 Å². The molecule has 1 saturated heterocycles. The van der Waals surface area contributed by atoms with E-state index < -0.39 is 5.82 Å². The number of rotatable bonds is 4. The average Bonchev–Trinajstić information content (AvgIpc) is 2.70. The van der Waals surface area contributed by atoms with Gasteiger partial charge in [0.1, 0.15) is 11.6 Å². The molecule has 3 rings (SSSR count). The van der Waals surface area contributed by atoms with Crippen LogP contribution in [0.1, 0.15) is 17.3 Å². The van der Waals surface area contributed by atoms with E-state index in [4.69, 9.17) is 4.74 Å². The number of hydrogen-bond acceptors (Lipinski definition) is 5. The first-order chi connectivity index (χ1) is 13.1. The van der Waals surface area contributed by atoms with Crippen LogP contribution in [-0.2, 0) is 4.74 Å². The molecule has 1 aromatic heterocycles. The number of carbonyl (C=O) groups excluding carboxylic acids is 2. The van der Waals surface area contributed by atoms with E-state index in [-0.39, 0.29) is 17.7 Å². The molecule has 0 spiro atoms. The van der Waals surface area contributed by atoms with Crippen LogP contribution in [0.2, 0.25) is 0 Å². The number of pyridine rings is 1. The third-order valence-corrected chi connectivity index (χ3v) is 4.26. The molecule has 0 radical (unpaired) electrons. The maximum absolute atomic E-state index is 13.9. The average molecular weight is 372 g/mol. The predicted molar refractivity (Wildman–Crippen MR) is 98.4 cm³/mol. The van der Waals surface area contributed by atoms with E-state index in [1.807, 2.05) is 0 Å². The van der Waals surface area contributed by atoms with Crippen molar-refractivity contribution >= 4 is 23.5 Å². The highest BCUT2D eigenvalue weighted by atomic mass is 19.1. The molecule has 2 aromatic rings. The Labute approximate surface area is 156 Å². The molecule has 1 aliphatic rings.